The number of hydrogen-bond donors (Lipinski definition) is 1. The predicted molar refractivity (Wildman–Crippen MR) is 81.3 cm³/mol. The van der Waals surface area contributed by atoms with Crippen molar-refractivity contribution in [2.45, 2.75) is 13.8 Å². The molecular weight excluding hydrogens is 288 g/mol. The normalized spacial score (nSPS) is 10.7. The summed E-state index contributed by atoms with van der Waals surface area (Å²) in [4.78, 5) is 33.5. The number of nitro benzene ring substituents is 1. The molecule has 0 saturated carbocycles. The number of carbonyl (C=O) groups excluding carboxylic acids is 2. The Hall–Kier alpha value is -2.70. The summed E-state index contributed by atoms with van der Waals surface area (Å²) in [5.41, 5.74) is 0.314. The van der Waals surface area contributed by atoms with Gasteiger partial charge in [0.1, 0.15) is 0 Å². The van der Waals surface area contributed by atoms with E-state index in [4.69, 9.17) is 4.74 Å². The van der Waals surface area contributed by atoms with Crippen molar-refractivity contribution in [3.63, 3.8) is 0 Å². The number of benzene rings is 1. The second kappa shape index (κ2) is 7.92. The molecule has 0 atom stereocenters. The first-order valence-electron chi connectivity index (χ1n) is 6.70. The highest BCUT2D eigenvalue weighted by Gasteiger charge is 2.14. The molecule has 0 radical (unpaired) electrons. The zero-order valence-electron chi connectivity index (χ0n) is 12.7. The van der Waals surface area contributed by atoms with Crippen LogP contribution in [0, 0.1) is 16.0 Å². The molecule has 1 rings (SSSR count). The summed E-state index contributed by atoms with van der Waals surface area (Å²) in [7, 11) is 1.42. The van der Waals surface area contributed by atoms with Gasteiger partial charge in [0, 0.05) is 25.3 Å². The van der Waals surface area contributed by atoms with Gasteiger partial charge in [0.05, 0.1) is 17.1 Å². The van der Waals surface area contributed by atoms with Gasteiger partial charge in [0.15, 0.2) is 0 Å². The number of nitrogens with one attached hydrogen (secondary N) is 1. The van der Waals surface area contributed by atoms with E-state index in [0.29, 0.717) is 12.2 Å². The molecule has 1 N–H and O–H groups in total. The van der Waals surface area contributed by atoms with Crippen LogP contribution in [0.3, 0.4) is 0 Å². The first-order valence-corrected chi connectivity index (χ1v) is 6.70. The Bertz CT molecular complexity index is 608. The van der Waals surface area contributed by atoms with Crippen LogP contribution >= 0.6 is 0 Å². The van der Waals surface area contributed by atoms with E-state index in [2.05, 4.69) is 5.32 Å². The van der Waals surface area contributed by atoms with Crippen molar-refractivity contribution in [3.8, 4) is 0 Å². The fourth-order valence-corrected chi connectivity index (χ4v) is 1.59. The van der Waals surface area contributed by atoms with E-state index in [9.17, 15) is 19.7 Å². The van der Waals surface area contributed by atoms with Crippen molar-refractivity contribution in [3.05, 3.63) is 45.5 Å². The van der Waals surface area contributed by atoms with Gasteiger partial charge in [0.2, 0.25) is 0 Å². The van der Waals surface area contributed by atoms with Crippen LogP contribution in [0.5, 0.6) is 0 Å². The maximum atomic E-state index is 11.8. The minimum absolute atomic E-state index is 0.115. The maximum Gasteiger partial charge on any atom is 0.330 e. The van der Waals surface area contributed by atoms with E-state index in [1.807, 2.05) is 13.8 Å². The molecule has 0 heterocycles. The molecule has 0 aliphatic heterocycles. The highest BCUT2D eigenvalue weighted by molar-refractivity contribution is 5.99. The third-order valence-electron chi connectivity index (χ3n) is 2.68. The molecule has 7 nitrogen and oxygen atoms in total. The number of nitro groups is 1. The average molecular weight is 306 g/mol. The zero-order chi connectivity index (χ0) is 16.7. The molecule has 1 aromatic carbocycles. The second-order valence-corrected chi connectivity index (χ2v) is 4.97. The highest BCUT2D eigenvalue weighted by Crippen LogP contribution is 2.19. The van der Waals surface area contributed by atoms with Crippen molar-refractivity contribution < 1.29 is 19.2 Å². The van der Waals surface area contributed by atoms with Gasteiger partial charge in [-0.05, 0) is 23.6 Å². The number of non-ortho nitro benzene ring substituents is 1. The first kappa shape index (κ1) is 17.4. The number of carbonyl (C=O) groups is 2. The molecule has 0 unspecified atom stereocenters. The predicted octanol–water partition coefficient (Wildman–Crippen LogP) is 2.17. The van der Waals surface area contributed by atoms with Crippen LogP contribution in [-0.2, 0) is 9.53 Å². The fourth-order valence-electron chi connectivity index (χ4n) is 1.59. The molecule has 0 spiro atoms. The van der Waals surface area contributed by atoms with E-state index < -0.39 is 16.8 Å². The Morgan fingerprint density at radius 1 is 1.41 bits per heavy atom. The molecule has 0 aromatic heterocycles. The van der Waals surface area contributed by atoms with Crippen LogP contribution < -0.4 is 5.32 Å². The van der Waals surface area contributed by atoms with Crippen LogP contribution in [0.1, 0.15) is 29.8 Å². The van der Waals surface area contributed by atoms with Gasteiger partial charge in [-0.25, -0.2) is 4.79 Å². The van der Waals surface area contributed by atoms with Gasteiger partial charge in [-0.15, -0.1) is 0 Å². The Balaban J connectivity index is 3.00. The molecule has 118 valence electrons. The lowest BCUT2D eigenvalue weighted by Gasteiger charge is -2.06. The Labute approximate surface area is 128 Å². The molecule has 0 aliphatic rings. The van der Waals surface area contributed by atoms with Crippen molar-refractivity contribution in [2.24, 2.45) is 5.92 Å². The number of hydrogen-bond acceptors (Lipinski definition) is 5. The summed E-state index contributed by atoms with van der Waals surface area (Å²) in [6, 6.07) is 3.85. The lowest BCUT2D eigenvalue weighted by atomic mass is 10.1. The molecular formula is C15H18N2O5. The Kier molecular flexibility index (Phi) is 6.25. The third-order valence-corrected chi connectivity index (χ3v) is 2.68. The summed E-state index contributed by atoms with van der Waals surface area (Å²) in [6.45, 7) is 4.12. The minimum atomic E-state index is -0.586. The Morgan fingerprint density at radius 3 is 2.64 bits per heavy atom. The molecule has 0 aliphatic carbocycles. The van der Waals surface area contributed by atoms with Gasteiger partial charge < -0.3 is 10.1 Å². The fraction of sp³-hybridized carbons (Fsp3) is 0.333. The van der Waals surface area contributed by atoms with Gasteiger partial charge >= 0.3 is 5.97 Å². The van der Waals surface area contributed by atoms with Crippen molar-refractivity contribution >= 4 is 23.6 Å². The van der Waals surface area contributed by atoms with E-state index in [1.54, 1.807) is 0 Å². The maximum absolute atomic E-state index is 11.8. The number of amides is 1. The quantitative estimate of drug-likeness (QED) is 0.376. The summed E-state index contributed by atoms with van der Waals surface area (Å²) in [5.74, 6) is -0.785. The monoisotopic (exact) mass is 306 g/mol. The summed E-state index contributed by atoms with van der Waals surface area (Å²) < 4.78 is 4.98. The smallest absolute Gasteiger partial charge is 0.330 e. The van der Waals surface area contributed by atoms with E-state index in [-0.39, 0.29) is 17.2 Å². The Morgan fingerprint density at radius 2 is 2.09 bits per heavy atom. The second-order valence-electron chi connectivity index (χ2n) is 4.97. The summed E-state index contributed by atoms with van der Waals surface area (Å²) in [5, 5.41) is 13.2. The first-order chi connectivity index (χ1) is 10.3. The van der Waals surface area contributed by atoms with E-state index in [0.717, 1.165) is 6.07 Å². The summed E-state index contributed by atoms with van der Waals surface area (Å²) in [6.07, 6.45) is 2.59. The lowest BCUT2D eigenvalue weighted by molar-refractivity contribution is -0.384. The average Bonchev–Trinajstić information content (AvgIpc) is 2.49. The van der Waals surface area contributed by atoms with Crippen LogP contribution in [0.25, 0.3) is 6.08 Å². The van der Waals surface area contributed by atoms with E-state index >= 15 is 0 Å². The van der Waals surface area contributed by atoms with Gasteiger partial charge in [0.25, 0.3) is 11.6 Å². The molecule has 0 bridgehead atoms. The van der Waals surface area contributed by atoms with Crippen molar-refractivity contribution in [2.75, 3.05) is 13.7 Å². The highest BCUT2D eigenvalue weighted by atomic mass is 16.6. The van der Waals surface area contributed by atoms with Crippen LogP contribution in [-0.4, -0.2) is 30.5 Å². The van der Waals surface area contributed by atoms with Crippen LogP contribution in [0.2, 0.25) is 0 Å². The zero-order valence-corrected chi connectivity index (χ0v) is 12.7. The van der Waals surface area contributed by atoms with Crippen LogP contribution in [0.4, 0.5) is 5.69 Å². The number of ether oxygens (including phenoxy) is 1. The van der Waals surface area contributed by atoms with Gasteiger partial charge in [-0.3, -0.25) is 14.9 Å². The molecule has 7 heteroatoms. The SMILES string of the molecule is CNC(=O)c1cc([N+](=O)[O-])ccc1/C=C/C(=O)OCC(C)C. The van der Waals surface area contributed by atoms with Crippen molar-refractivity contribution in [1.82, 2.24) is 5.32 Å². The number of nitrogens with zero attached hydrogens (tertiary/aromatic N) is 1. The van der Waals surface area contributed by atoms with E-state index in [1.165, 1.54) is 31.3 Å². The van der Waals surface area contributed by atoms with Gasteiger partial charge in [-0.2, -0.15) is 0 Å². The molecule has 0 fully saturated rings. The van der Waals surface area contributed by atoms with Crippen molar-refractivity contribution in [1.29, 1.82) is 0 Å². The molecule has 1 aromatic rings. The largest absolute Gasteiger partial charge is 0.462 e. The number of esters is 1. The lowest BCUT2D eigenvalue weighted by Crippen LogP contribution is -2.19. The molecule has 22 heavy (non-hydrogen) atoms. The third kappa shape index (κ3) is 5.01. The minimum Gasteiger partial charge on any atom is -0.462 e. The van der Waals surface area contributed by atoms with Gasteiger partial charge in [-0.1, -0.05) is 13.8 Å². The summed E-state index contributed by atoms with van der Waals surface area (Å²) >= 11 is 0. The number of rotatable bonds is 6. The standard InChI is InChI=1S/C15H18N2O5/c1-10(2)9-22-14(18)7-5-11-4-6-12(17(20)21)8-13(11)15(19)16-3/h4-8,10H,9H2,1-3H3,(H,16,19)/b7-5+. The molecule has 0 saturated heterocycles. The topological polar surface area (TPSA) is 98.5 Å². The molecule has 1 amide bonds. The van der Waals surface area contributed by atoms with Crippen LogP contribution in [0.15, 0.2) is 24.3 Å².